The third-order valence-electron chi connectivity index (χ3n) is 4.06. The Hall–Kier alpha value is -1.98. The van der Waals surface area contributed by atoms with Gasteiger partial charge in [-0.2, -0.15) is 4.98 Å². The maximum absolute atomic E-state index is 5.35. The number of aromatic nitrogens is 2. The lowest BCUT2D eigenvalue weighted by atomic mass is 10.1. The number of aryl methyl sites for hydroxylation is 3. The highest BCUT2D eigenvalue weighted by Gasteiger charge is 2.11. The summed E-state index contributed by atoms with van der Waals surface area (Å²) >= 11 is 1.86. The molecule has 0 aliphatic rings. The molecule has 3 aromatic rings. The number of hydrogen-bond donors (Lipinski definition) is 1. The van der Waals surface area contributed by atoms with Gasteiger partial charge in [0.05, 0.1) is 0 Å². The van der Waals surface area contributed by atoms with Crippen molar-refractivity contribution in [3.05, 3.63) is 57.6 Å². The van der Waals surface area contributed by atoms with Crippen molar-refractivity contribution >= 4 is 11.3 Å². The van der Waals surface area contributed by atoms with Gasteiger partial charge in [0.25, 0.3) is 0 Å². The highest BCUT2D eigenvalue weighted by atomic mass is 32.1. The standard InChI is InChI=1S/C19H23N3OS/c1-13-12-17(15(3)24-13)14(2)20-11-7-10-18-21-19(22-23-18)16-8-5-4-6-9-16/h4-6,8-9,12,14,20H,7,10-11H2,1-3H3. The number of thiophene rings is 1. The SMILES string of the molecule is Cc1cc(C(C)NCCCc2nc(-c3ccccc3)no2)c(C)s1. The molecule has 1 atom stereocenters. The minimum Gasteiger partial charge on any atom is -0.339 e. The number of benzene rings is 1. The molecule has 2 heterocycles. The number of nitrogens with one attached hydrogen (secondary N) is 1. The smallest absolute Gasteiger partial charge is 0.227 e. The van der Waals surface area contributed by atoms with Gasteiger partial charge in [-0.25, -0.2) is 0 Å². The lowest BCUT2D eigenvalue weighted by Gasteiger charge is -2.13. The van der Waals surface area contributed by atoms with Crippen LogP contribution in [0.4, 0.5) is 0 Å². The Bertz CT molecular complexity index is 779. The Balaban J connectivity index is 1.47. The van der Waals surface area contributed by atoms with Crippen molar-refractivity contribution in [2.75, 3.05) is 6.54 Å². The van der Waals surface area contributed by atoms with Crippen LogP contribution in [-0.4, -0.2) is 16.7 Å². The van der Waals surface area contributed by atoms with Gasteiger partial charge >= 0.3 is 0 Å². The average molecular weight is 341 g/mol. The van der Waals surface area contributed by atoms with E-state index in [-0.39, 0.29) is 0 Å². The van der Waals surface area contributed by atoms with E-state index < -0.39 is 0 Å². The monoisotopic (exact) mass is 341 g/mol. The first-order valence-corrected chi connectivity index (χ1v) is 9.13. The molecule has 4 nitrogen and oxygen atoms in total. The molecule has 0 amide bonds. The average Bonchev–Trinajstić information content (AvgIpc) is 3.18. The molecule has 0 bridgehead atoms. The van der Waals surface area contributed by atoms with E-state index in [0.29, 0.717) is 17.8 Å². The molecule has 0 radical (unpaired) electrons. The van der Waals surface area contributed by atoms with Crippen molar-refractivity contribution in [1.29, 1.82) is 0 Å². The fraction of sp³-hybridized carbons (Fsp3) is 0.368. The quantitative estimate of drug-likeness (QED) is 0.633. The van der Waals surface area contributed by atoms with Crippen LogP contribution in [0.25, 0.3) is 11.4 Å². The summed E-state index contributed by atoms with van der Waals surface area (Å²) in [6.45, 7) is 7.50. The van der Waals surface area contributed by atoms with E-state index in [0.717, 1.165) is 24.9 Å². The molecule has 0 spiro atoms. The van der Waals surface area contributed by atoms with E-state index in [2.05, 4.69) is 42.3 Å². The molecule has 3 rings (SSSR count). The molecule has 0 aliphatic heterocycles. The van der Waals surface area contributed by atoms with Crippen LogP contribution >= 0.6 is 11.3 Å². The van der Waals surface area contributed by atoms with Crippen LogP contribution < -0.4 is 5.32 Å². The maximum atomic E-state index is 5.35. The summed E-state index contributed by atoms with van der Waals surface area (Å²) in [5, 5.41) is 7.64. The first-order chi connectivity index (χ1) is 11.6. The van der Waals surface area contributed by atoms with Crippen molar-refractivity contribution in [3.63, 3.8) is 0 Å². The van der Waals surface area contributed by atoms with Crippen LogP contribution in [0.3, 0.4) is 0 Å². The lowest BCUT2D eigenvalue weighted by molar-refractivity contribution is 0.373. The Kier molecular flexibility index (Phi) is 5.43. The first-order valence-electron chi connectivity index (χ1n) is 8.32. The zero-order valence-corrected chi connectivity index (χ0v) is 15.2. The van der Waals surface area contributed by atoms with Gasteiger partial charge in [0.2, 0.25) is 11.7 Å². The molecule has 1 aromatic carbocycles. The third kappa shape index (κ3) is 4.10. The minimum atomic E-state index is 0.373. The molecular weight excluding hydrogens is 318 g/mol. The molecule has 1 N–H and O–H groups in total. The van der Waals surface area contributed by atoms with Gasteiger partial charge in [-0.05, 0) is 45.4 Å². The van der Waals surface area contributed by atoms with Gasteiger partial charge in [-0.1, -0.05) is 35.5 Å². The summed E-state index contributed by atoms with van der Waals surface area (Å²) in [4.78, 5) is 7.24. The maximum Gasteiger partial charge on any atom is 0.227 e. The summed E-state index contributed by atoms with van der Waals surface area (Å²) in [6.07, 6.45) is 1.77. The van der Waals surface area contributed by atoms with Crippen molar-refractivity contribution in [2.24, 2.45) is 0 Å². The van der Waals surface area contributed by atoms with Crippen LogP contribution in [0.15, 0.2) is 40.9 Å². The molecule has 0 saturated carbocycles. The summed E-state index contributed by atoms with van der Waals surface area (Å²) in [6, 6.07) is 12.6. The van der Waals surface area contributed by atoms with Crippen LogP contribution in [0.1, 0.15) is 40.6 Å². The predicted molar refractivity (Wildman–Crippen MR) is 98.3 cm³/mol. The van der Waals surface area contributed by atoms with E-state index in [1.165, 1.54) is 15.3 Å². The Labute approximate surface area is 146 Å². The van der Waals surface area contributed by atoms with Gasteiger partial charge in [-0.15, -0.1) is 11.3 Å². The van der Waals surface area contributed by atoms with Gasteiger partial charge in [-0.3, -0.25) is 0 Å². The zero-order chi connectivity index (χ0) is 16.9. The summed E-state index contributed by atoms with van der Waals surface area (Å²) in [5.41, 5.74) is 2.39. The van der Waals surface area contributed by atoms with Gasteiger partial charge in [0.1, 0.15) is 0 Å². The lowest BCUT2D eigenvalue weighted by Crippen LogP contribution is -2.20. The molecule has 0 saturated heterocycles. The highest BCUT2D eigenvalue weighted by Crippen LogP contribution is 2.26. The first kappa shape index (κ1) is 16.9. The summed E-state index contributed by atoms with van der Waals surface area (Å²) in [7, 11) is 0. The van der Waals surface area contributed by atoms with E-state index in [9.17, 15) is 0 Å². The summed E-state index contributed by atoms with van der Waals surface area (Å²) < 4.78 is 5.35. The summed E-state index contributed by atoms with van der Waals surface area (Å²) in [5.74, 6) is 1.36. The second kappa shape index (κ2) is 7.73. The second-order valence-electron chi connectivity index (χ2n) is 6.03. The largest absolute Gasteiger partial charge is 0.339 e. The van der Waals surface area contributed by atoms with Gasteiger partial charge in [0, 0.05) is 27.8 Å². The minimum absolute atomic E-state index is 0.373. The predicted octanol–water partition coefficient (Wildman–Crippen LogP) is 4.70. The molecule has 126 valence electrons. The van der Waals surface area contributed by atoms with E-state index >= 15 is 0 Å². The van der Waals surface area contributed by atoms with Crippen molar-refractivity contribution in [1.82, 2.24) is 15.5 Å². The normalized spacial score (nSPS) is 12.5. The molecule has 0 fully saturated rings. The zero-order valence-electron chi connectivity index (χ0n) is 14.4. The third-order valence-corrected chi connectivity index (χ3v) is 5.05. The Morgan fingerprint density at radius 3 is 2.71 bits per heavy atom. The molecule has 1 unspecified atom stereocenters. The fourth-order valence-electron chi connectivity index (χ4n) is 2.81. The molecule has 24 heavy (non-hydrogen) atoms. The van der Waals surface area contributed by atoms with Gasteiger partial charge < -0.3 is 9.84 Å². The number of rotatable bonds is 7. The number of hydrogen-bond acceptors (Lipinski definition) is 5. The fourth-order valence-corrected chi connectivity index (χ4v) is 3.83. The Morgan fingerprint density at radius 1 is 1.21 bits per heavy atom. The molecule has 5 heteroatoms. The van der Waals surface area contributed by atoms with Crippen molar-refractivity contribution in [3.8, 4) is 11.4 Å². The van der Waals surface area contributed by atoms with Crippen molar-refractivity contribution in [2.45, 2.75) is 39.7 Å². The second-order valence-corrected chi connectivity index (χ2v) is 7.49. The van der Waals surface area contributed by atoms with Crippen molar-refractivity contribution < 1.29 is 4.52 Å². The van der Waals surface area contributed by atoms with E-state index in [4.69, 9.17) is 4.52 Å². The number of nitrogens with zero attached hydrogens (tertiary/aromatic N) is 2. The molecule has 2 aromatic heterocycles. The highest BCUT2D eigenvalue weighted by molar-refractivity contribution is 7.12. The topological polar surface area (TPSA) is 51.0 Å². The van der Waals surface area contributed by atoms with Crippen LogP contribution in [0.5, 0.6) is 0 Å². The van der Waals surface area contributed by atoms with Crippen LogP contribution in [0.2, 0.25) is 0 Å². The molecular formula is C19H23N3OS. The van der Waals surface area contributed by atoms with E-state index in [1.807, 2.05) is 41.7 Å². The van der Waals surface area contributed by atoms with Gasteiger partial charge in [0.15, 0.2) is 0 Å². The molecule has 0 aliphatic carbocycles. The van der Waals surface area contributed by atoms with Crippen LogP contribution in [0, 0.1) is 13.8 Å². The Morgan fingerprint density at radius 2 is 2.00 bits per heavy atom. The van der Waals surface area contributed by atoms with Crippen LogP contribution in [-0.2, 0) is 6.42 Å². The van der Waals surface area contributed by atoms with E-state index in [1.54, 1.807) is 0 Å².